The number of hydrogen-bond acceptors (Lipinski definition) is 31. The van der Waals surface area contributed by atoms with Crippen molar-refractivity contribution < 1.29 is 129 Å². The van der Waals surface area contributed by atoms with E-state index in [4.69, 9.17) is 29.4 Å². The van der Waals surface area contributed by atoms with Gasteiger partial charge in [0.25, 0.3) is 0 Å². The first kappa shape index (κ1) is 75.3. The lowest BCUT2D eigenvalue weighted by Crippen LogP contribution is -2.70. The summed E-state index contributed by atoms with van der Waals surface area (Å²) >= 11 is 0. The number of carbonyl (C=O) groups is 7. The lowest BCUT2D eigenvalue weighted by molar-refractivity contribution is -0.352. The van der Waals surface area contributed by atoms with Gasteiger partial charge >= 0.3 is 0 Å². The Hall–Kier alpha value is -7.45. The van der Waals surface area contributed by atoms with Crippen LogP contribution in [-0.2, 0) is 58.9 Å². The molecule has 24 N–H and O–H groups in total. The summed E-state index contributed by atoms with van der Waals surface area (Å²) in [7, 11) is 0. The lowest BCUT2D eigenvalue weighted by atomic mass is 9.92. The van der Waals surface area contributed by atoms with Crippen molar-refractivity contribution in [2.24, 2.45) is 21.1 Å². The Labute approximate surface area is 553 Å². The zero-order chi connectivity index (χ0) is 71.1. The van der Waals surface area contributed by atoms with E-state index < -0.39 is 258 Å². The van der Waals surface area contributed by atoms with Crippen LogP contribution in [0, 0.1) is 5.41 Å². The van der Waals surface area contributed by atoms with Crippen molar-refractivity contribution in [3.05, 3.63) is 65.7 Å². The molecular weight excluding hydrogens is 1290 g/mol. The van der Waals surface area contributed by atoms with Crippen molar-refractivity contribution in [3.8, 4) is 5.75 Å². The van der Waals surface area contributed by atoms with Crippen molar-refractivity contribution in [2.45, 2.75) is 187 Å². The van der Waals surface area contributed by atoms with Crippen molar-refractivity contribution in [1.29, 1.82) is 0 Å². The molecule has 8 rings (SSSR count). The predicted octanol–water partition coefficient (Wildman–Crippen LogP) is -12.4. The van der Waals surface area contributed by atoms with Crippen molar-refractivity contribution in [1.82, 2.24) is 47.4 Å². The molecule has 0 aromatic heterocycles. The highest BCUT2D eigenvalue weighted by Gasteiger charge is 2.54. The van der Waals surface area contributed by atoms with E-state index in [2.05, 4.69) is 52.5 Å². The topological polar surface area (TPSA) is 599 Å². The van der Waals surface area contributed by atoms with Crippen molar-refractivity contribution in [3.63, 3.8) is 0 Å². The molecule has 38 heteroatoms. The highest BCUT2D eigenvalue weighted by Crippen LogP contribution is 2.33. The Morgan fingerprint density at radius 3 is 1.81 bits per heavy atom. The Balaban J connectivity index is 1.14. The maximum Gasteiger partial charge on any atom is 0.246 e. The van der Waals surface area contributed by atoms with Crippen LogP contribution in [0.1, 0.15) is 44.7 Å². The third-order valence-electron chi connectivity index (χ3n) is 17.4. The molecule has 38 nitrogen and oxygen atoms in total. The zero-order valence-electron chi connectivity index (χ0n) is 52.9. The molecule has 0 spiro atoms. The Morgan fingerprint density at radius 2 is 1.19 bits per heavy atom. The van der Waals surface area contributed by atoms with Gasteiger partial charge in [-0.1, -0.05) is 70.2 Å². The number of aliphatic hydroxyl groups is 14. The van der Waals surface area contributed by atoms with Crippen molar-refractivity contribution >= 4 is 53.3 Å². The molecule has 4 fully saturated rings. The first-order chi connectivity index (χ1) is 45.9. The summed E-state index contributed by atoms with van der Waals surface area (Å²) in [5, 5.41) is 171. The number of nitrogens with one attached hydrogen (secondary N) is 8. The second-order valence-corrected chi connectivity index (χ2v) is 25.2. The van der Waals surface area contributed by atoms with Gasteiger partial charge in [-0.2, -0.15) is 0 Å². The van der Waals surface area contributed by atoms with Crippen LogP contribution in [-0.4, -0.2) is 322 Å². The second kappa shape index (κ2) is 32.5. The Bertz CT molecular complexity index is 3130. The van der Waals surface area contributed by atoms with Crippen molar-refractivity contribution in [2.75, 3.05) is 46.1 Å². The summed E-state index contributed by atoms with van der Waals surface area (Å²) in [6.45, 7) is 0.619. The number of amides is 7. The minimum absolute atomic E-state index is 0.0896. The summed E-state index contributed by atoms with van der Waals surface area (Å²) in [6.07, 6.45) is -32.1. The number of rotatable bonds is 17. The monoisotopic (exact) mass is 1380 g/mol. The smallest absolute Gasteiger partial charge is 0.246 e. The molecule has 7 amide bonds. The van der Waals surface area contributed by atoms with Gasteiger partial charge in [-0.05, 0) is 23.3 Å². The molecule has 25 atom stereocenters. The molecule has 5 unspecified atom stereocenters. The maximum absolute atomic E-state index is 15.3. The van der Waals surface area contributed by atoms with Gasteiger partial charge in [0.2, 0.25) is 47.6 Å². The molecule has 4 saturated heterocycles. The Morgan fingerprint density at radius 1 is 0.619 bits per heavy atom. The molecule has 2 aromatic rings. The summed E-state index contributed by atoms with van der Waals surface area (Å²) in [4.78, 5) is 110. The highest BCUT2D eigenvalue weighted by atomic mass is 16.7. The summed E-state index contributed by atoms with van der Waals surface area (Å²) in [5.41, 5.74) is 5.94. The fraction of sp³-hybridized carbons (Fsp3) is 0.644. The van der Waals surface area contributed by atoms with Crippen LogP contribution in [0.5, 0.6) is 5.75 Å². The fourth-order valence-electron chi connectivity index (χ4n) is 11.5. The van der Waals surface area contributed by atoms with E-state index in [9.17, 15) is 95.5 Å². The number of benzene rings is 2. The Kier molecular flexibility index (Phi) is 25.2. The molecule has 0 radical (unpaired) electrons. The van der Waals surface area contributed by atoms with Gasteiger partial charge in [-0.3, -0.25) is 48.9 Å². The van der Waals surface area contributed by atoms with E-state index in [0.717, 1.165) is 4.90 Å². The lowest BCUT2D eigenvalue weighted by Gasteiger charge is -2.46. The molecule has 0 aliphatic carbocycles. The van der Waals surface area contributed by atoms with Crippen LogP contribution in [0.25, 0.3) is 0 Å². The van der Waals surface area contributed by atoms with Crippen LogP contribution < -0.4 is 53.0 Å². The third-order valence-corrected chi connectivity index (χ3v) is 17.4. The van der Waals surface area contributed by atoms with Crippen LogP contribution in [0.4, 0.5) is 0 Å². The van der Waals surface area contributed by atoms with Crippen LogP contribution >= 0.6 is 0 Å². The van der Waals surface area contributed by atoms with E-state index in [0.29, 0.717) is 5.56 Å². The molecule has 97 heavy (non-hydrogen) atoms. The van der Waals surface area contributed by atoms with Crippen LogP contribution in [0.15, 0.2) is 64.6 Å². The van der Waals surface area contributed by atoms with Gasteiger partial charge in [0.15, 0.2) is 24.4 Å². The molecule has 2 aromatic carbocycles. The van der Waals surface area contributed by atoms with E-state index >= 15 is 9.59 Å². The van der Waals surface area contributed by atoms with Crippen LogP contribution in [0.2, 0.25) is 0 Å². The minimum Gasteiger partial charge on any atom is -0.462 e. The number of nitrogens with zero attached hydrogens (tertiary/aromatic N) is 3. The van der Waals surface area contributed by atoms with Crippen LogP contribution in [0.3, 0.4) is 0 Å². The molecule has 6 aliphatic rings. The standard InChI is InChI=1S/C59H86N12O26/c1-22(24-8-6-5-7-9-24)34-50(89)64-26(14-23-10-12-25(13-11-23)93-54-46(86)43(83)47(32(21-75)96-54)97-55-45(85)42(82)40(80)31(20-74)95-55)49(88)68-35(37(77)27-15-63-58(66-27)70-56(92)59(2,3)4)52(91)69-36(51(90)65-28(18-72)48(87)61-17-33(76)67-34)38(78)29-16-62-57(60)71(29)53-44(84)41(81)39(79)30(19-73)94-53/h5-13,22,26-32,34-47,53-55,72-75,77-86H,14-21H2,1-4H3,(H2,60,62)(H,61,87)(H,64,89)(H,65,90)(H,67,76)(H,68,88)(H,69,91)(H2,63,66,70,92)/t22?,26-,27?,28+,29?,30-,31-,32-,34+,35+,36-,37?,38?,39-,40-,41+,42+,43-,44+,45+,46+,47-,53+,54+,55-/m1/s1. The maximum atomic E-state index is 15.3. The summed E-state index contributed by atoms with van der Waals surface area (Å²) < 4.78 is 28.4. The average Bonchev–Trinajstić information content (AvgIpc) is 1.75. The molecule has 6 aliphatic heterocycles. The number of ether oxygens (including phenoxy) is 5. The number of nitrogens with two attached hydrogens (primary N) is 1. The van der Waals surface area contributed by atoms with E-state index in [1.807, 2.05) is 0 Å². The molecule has 538 valence electrons. The number of hydrogen-bond donors (Lipinski definition) is 23. The quantitative estimate of drug-likeness (QED) is 0.0699. The van der Waals surface area contributed by atoms with Gasteiger partial charge in [0, 0.05) is 17.8 Å². The predicted molar refractivity (Wildman–Crippen MR) is 327 cm³/mol. The molecule has 0 saturated carbocycles. The van der Waals surface area contributed by atoms with E-state index in [1.54, 1.807) is 58.0 Å². The SMILES string of the molecule is CC(c1ccccc1)[C@@H]1NC(=O)CNC(=O)[C@H](CO)NC(=O)[C@@H](C(O)C2CN=C(N)N2[C@H]2O[C@H](CO)[C@@H](O)[C@H](O)[C@@H]2O)NC(=O)[C@H](C(O)C2CN=C(NC(=O)C(C)(C)C)N2)NC(=O)[C@@H](Cc2ccc(O[C@H]3O[C@H](CO)[C@@H](O[C@H]4O[C@H](CO)[C@@H](O)[C@H](O)[C@@H]4O)[C@H](O)[C@@H]3O)cc2)NC1=O. The normalized spacial score (nSPS) is 36.1. The molecule has 6 heterocycles. The molecular formula is C59H86N12O26. The van der Waals surface area contributed by atoms with Gasteiger partial charge in [0.1, 0.15) is 121 Å². The fourth-order valence-corrected chi connectivity index (χ4v) is 11.5. The van der Waals surface area contributed by atoms with E-state index in [1.165, 1.54) is 24.3 Å². The first-order valence-corrected chi connectivity index (χ1v) is 31.1. The number of aliphatic hydroxyl groups excluding tert-OH is 14. The van der Waals surface area contributed by atoms with Gasteiger partial charge in [-0.25, -0.2) is 0 Å². The van der Waals surface area contributed by atoms with Gasteiger partial charge in [-0.15, -0.1) is 0 Å². The largest absolute Gasteiger partial charge is 0.462 e. The number of aliphatic imine (C=N–C) groups is 2. The number of guanidine groups is 2. The second-order valence-electron chi connectivity index (χ2n) is 25.2. The zero-order valence-corrected chi connectivity index (χ0v) is 52.9. The molecule has 0 bridgehead atoms. The van der Waals surface area contributed by atoms with Gasteiger partial charge in [0.05, 0.1) is 58.1 Å². The highest BCUT2D eigenvalue weighted by molar-refractivity contribution is 6.01. The number of carbonyl (C=O) groups excluding carboxylic acids is 7. The summed E-state index contributed by atoms with van der Waals surface area (Å²) in [5.74, 6) is -9.72. The summed E-state index contributed by atoms with van der Waals surface area (Å²) in [6, 6.07) is 0.366. The minimum atomic E-state index is -2.39. The third kappa shape index (κ3) is 17.3. The van der Waals surface area contributed by atoms with E-state index in [-0.39, 0.29) is 17.3 Å². The first-order valence-electron chi connectivity index (χ1n) is 31.1. The van der Waals surface area contributed by atoms with Gasteiger partial charge < -0.3 is 143 Å². The average molecular weight is 1380 g/mol.